The van der Waals surface area contributed by atoms with Gasteiger partial charge in [-0.3, -0.25) is 0 Å². The van der Waals surface area contributed by atoms with Crippen molar-refractivity contribution < 1.29 is 0 Å². The van der Waals surface area contributed by atoms with Gasteiger partial charge in [-0.2, -0.15) is 0 Å². The van der Waals surface area contributed by atoms with Gasteiger partial charge in [0.15, 0.2) is 4.77 Å². The van der Waals surface area contributed by atoms with Crippen molar-refractivity contribution in [2.24, 2.45) is 7.05 Å². The number of aromatic nitrogens is 2. The first kappa shape index (κ1) is 5.44. The molecule has 1 rings (SSSR count). The zero-order valence-electron chi connectivity index (χ0n) is 4.46. The van der Waals surface area contributed by atoms with Crippen LogP contribution >= 0.6 is 12.2 Å². The van der Waals surface area contributed by atoms with E-state index in [9.17, 15) is 0 Å². The fourth-order valence-electron chi connectivity index (χ4n) is 0.388. The van der Waals surface area contributed by atoms with Crippen LogP contribution < -0.4 is 0 Å². The van der Waals surface area contributed by atoms with E-state index in [2.05, 4.69) is 11.2 Å². The first-order valence-corrected chi connectivity index (χ1v) is 2.61. The van der Waals surface area contributed by atoms with E-state index in [0.717, 1.165) is 0 Å². The average Bonchev–Trinajstić information content (AvgIpc) is 1.77. The van der Waals surface area contributed by atoms with Gasteiger partial charge >= 0.3 is 0 Å². The molecule has 1 heterocycles. The van der Waals surface area contributed by atoms with Crippen LogP contribution in [0.3, 0.4) is 0 Å². The van der Waals surface area contributed by atoms with E-state index in [0.29, 0.717) is 4.77 Å². The first-order valence-electron chi connectivity index (χ1n) is 2.20. The van der Waals surface area contributed by atoms with E-state index >= 15 is 0 Å². The smallest absolute Gasteiger partial charge is 0.199 e. The van der Waals surface area contributed by atoms with Gasteiger partial charge in [0.2, 0.25) is 0 Å². The molecule has 3 heteroatoms. The minimum Gasteiger partial charge on any atom is -0.318 e. The van der Waals surface area contributed by atoms with E-state index < -0.39 is 0 Å². The van der Waals surface area contributed by atoms with Crippen LogP contribution in [0.4, 0.5) is 0 Å². The van der Waals surface area contributed by atoms with Crippen LogP contribution in [-0.2, 0) is 7.05 Å². The van der Waals surface area contributed by atoms with Crippen molar-refractivity contribution in [1.29, 1.82) is 0 Å². The summed E-state index contributed by atoms with van der Waals surface area (Å²) in [6.07, 6.45) is 4.48. The molecular formula is C5H5N2S. The lowest BCUT2D eigenvalue weighted by Gasteiger charge is -1.89. The van der Waals surface area contributed by atoms with Gasteiger partial charge in [0.05, 0.1) is 6.20 Å². The van der Waals surface area contributed by atoms with E-state index in [1.165, 1.54) is 0 Å². The Bertz CT molecular complexity index is 228. The zero-order chi connectivity index (χ0) is 5.98. The van der Waals surface area contributed by atoms with Crippen molar-refractivity contribution in [1.82, 2.24) is 9.55 Å². The van der Waals surface area contributed by atoms with E-state index in [-0.39, 0.29) is 0 Å². The SMILES string of the molecule is Cn1[c]ccnc1=S. The van der Waals surface area contributed by atoms with Gasteiger partial charge < -0.3 is 4.57 Å². The number of nitrogens with zero attached hydrogens (tertiary/aromatic N) is 2. The molecular weight excluding hydrogens is 120 g/mol. The molecule has 1 aromatic rings. The second-order valence-corrected chi connectivity index (χ2v) is 1.78. The van der Waals surface area contributed by atoms with Crippen molar-refractivity contribution in [3.05, 3.63) is 23.2 Å². The summed E-state index contributed by atoms with van der Waals surface area (Å²) in [5.74, 6) is 0. The summed E-state index contributed by atoms with van der Waals surface area (Å²) in [6.45, 7) is 0. The average molecular weight is 125 g/mol. The summed E-state index contributed by atoms with van der Waals surface area (Å²) in [5, 5.41) is 0. The fraction of sp³-hybridized carbons (Fsp3) is 0.200. The molecule has 0 bridgehead atoms. The Balaban J connectivity index is 3.35. The molecule has 0 saturated carbocycles. The predicted octanol–water partition coefficient (Wildman–Crippen LogP) is 0.950. The van der Waals surface area contributed by atoms with Gasteiger partial charge in [0.25, 0.3) is 0 Å². The highest BCUT2D eigenvalue weighted by atomic mass is 32.1. The highest BCUT2D eigenvalue weighted by Gasteiger charge is 1.77. The van der Waals surface area contributed by atoms with E-state index in [1.54, 1.807) is 16.8 Å². The molecule has 0 saturated heterocycles. The van der Waals surface area contributed by atoms with Crippen molar-refractivity contribution in [3.8, 4) is 0 Å². The second-order valence-electron chi connectivity index (χ2n) is 1.42. The third-order valence-corrected chi connectivity index (χ3v) is 1.19. The lowest BCUT2D eigenvalue weighted by atomic mass is 10.7. The van der Waals surface area contributed by atoms with Gasteiger partial charge in [0.1, 0.15) is 0 Å². The topological polar surface area (TPSA) is 17.8 Å². The van der Waals surface area contributed by atoms with Crippen molar-refractivity contribution >= 4 is 12.2 Å². The minimum atomic E-state index is 0.563. The van der Waals surface area contributed by atoms with Crippen LogP contribution in [0, 0.1) is 11.0 Å². The van der Waals surface area contributed by atoms with Crippen LogP contribution in [-0.4, -0.2) is 9.55 Å². The molecule has 8 heavy (non-hydrogen) atoms. The van der Waals surface area contributed by atoms with E-state index in [1.807, 2.05) is 7.05 Å². The molecule has 1 aromatic heterocycles. The molecule has 0 atom stereocenters. The maximum Gasteiger partial charge on any atom is 0.199 e. The maximum absolute atomic E-state index is 4.77. The molecule has 0 amide bonds. The predicted molar refractivity (Wildman–Crippen MR) is 32.9 cm³/mol. The van der Waals surface area contributed by atoms with Crippen molar-refractivity contribution in [2.75, 3.05) is 0 Å². The number of rotatable bonds is 0. The van der Waals surface area contributed by atoms with Gasteiger partial charge in [-0.05, 0) is 18.3 Å². The Morgan fingerprint density at radius 1 is 1.88 bits per heavy atom. The molecule has 0 aliphatic rings. The van der Waals surface area contributed by atoms with Gasteiger partial charge in [-0.15, -0.1) is 0 Å². The third kappa shape index (κ3) is 0.924. The molecule has 0 aromatic carbocycles. The van der Waals surface area contributed by atoms with Gasteiger partial charge in [-0.1, -0.05) is 0 Å². The van der Waals surface area contributed by atoms with Gasteiger partial charge in [-0.25, -0.2) is 4.98 Å². The Kier molecular flexibility index (Phi) is 1.39. The normalized spacial score (nSPS) is 9.12. The Hall–Kier alpha value is -0.700. The summed E-state index contributed by atoms with van der Waals surface area (Å²) in [4.78, 5) is 3.83. The molecule has 0 aliphatic heterocycles. The molecule has 2 nitrogen and oxygen atoms in total. The lowest BCUT2D eigenvalue weighted by Crippen LogP contribution is -1.91. The van der Waals surface area contributed by atoms with Crippen molar-refractivity contribution in [3.63, 3.8) is 0 Å². The van der Waals surface area contributed by atoms with Crippen LogP contribution in [0.5, 0.6) is 0 Å². The number of hydrogen-bond acceptors (Lipinski definition) is 2. The van der Waals surface area contributed by atoms with Crippen LogP contribution in [0.25, 0.3) is 0 Å². The van der Waals surface area contributed by atoms with Crippen LogP contribution in [0.1, 0.15) is 0 Å². The maximum atomic E-state index is 4.77. The van der Waals surface area contributed by atoms with E-state index in [4.69, 9.17) is 12.2 Å². The zero-order valence-corrected chi connectivity index (χ0v) is 5.27. The quantitative estimate of drug-likeness (QED) is 0.480. The Morgan fingerprint density at radius 2 is 2.62 bits per heavy atom. The Morgan fingerprint density at radius 3 is 3.00 bits per heavy atom. The number of aryl methyl sites for hydroxylation is 1. The fourth-order valence-corrected chi connectivity index (χ4v) is 0.502. The summed E-state index contributed by atoms with van der Waals surface area (Å²) >= 11 is 4.77. The molecule has 0 aliphatic carbocycles. The first-order chi connectivity index (χ1) is 3.80. The summed E-state index contributed by atoms with van der Waals surface area (Å²) < 4.78 is 2.22. The minimum absolute atomic E-state index is 0.563. The number of hydrogen-bond donors (Lipinski definition) is 0. The summed E-state index contributed by atoms with van der Waals surface area (Å²) in [5.41, 5.74) is 0. The standard InChI is InChI=1S/C5H5N2S/c1-7-4-2-3-6-5(7)8/h2-3H,1H3. The summed E-state index contributed by atoms with van der Waals surface area (Å²) in [6, 6.07) is 1.72. The summed E-state index contributed by atoms with van der Waals surface area (Å²) in [7, 11) is 1.81. The molecule has 0 fully saturated rings. The second kappa shape index (κ2) is 2.05. The largest absolute Gasteiger partial charge is 0.318 e. The molecule has 1 radical (unpaired) electrons. The molecule has 0 unspecified atom stereocenters. The highest BCUT2D eigenvalue weighted by Crippen LogP contribution is 1.80. The third-order valence-electron chi connectivity index (χ3n) is 0.815. The molecule has 41 valence electrons. The van der Waals surface area contributed by atoms with Crippen LogP contribution in [0.15, 0.2) is 12.3 Å². The monoisotopic (exact) mass is 125 g/mol. The lowest BCUT2D eigenvalue weighted by molar-refractivity contribution is 0.835. The van der Waals surface area contributed by atoms with Gasteiger partial charge in [0, 0.05) is 13.2 Å². The highest BCUT2D eigenvalue weighted by molar-refractivity contribution is 7.71. The van der Waals surface area contributed by atoms with Crippen molar-refractivity contribution in [2.45, 2.75) is 0 Å². The molecule has 0 spiro atoms. The van der Waals surface area contributed by atoms with Crippen LogP contribution in [0.2, 0.25) is 0 Å². The molecule has 0 N–H and O–H groups in total. The Labute approximate surface area is 52.8 Å².